The monoisotopic (exact) mass is 394 g/mol. The van der Waals surface area contributed by atoms with Gasteiger partial charge in [0.1, 0.15) is 0 Å². The molecule has 0 saturated carbocycles. The first-order chi connectivity index (χ1) is 12.1. The van der Waals surface area contributed by atoms with Crippen LogP contribution in [0.15, 0.2) is 4.99 Å². The molecule has 0 bridgehead atoms. The van der Waals surface area contributed by atoms with Crippen LogP contribution >= 0.6 is 11.8 Å². The first-order valence-electron chi connectivity index (χ1n) is 9.25. The van der Waals surface area contributed by atoms with Gasteiger partial charge >= 0.3 is 0 Å². The van der Waals surface area contributed by atoms with Gasteiger partial charge in [0, 0.05) is 57.4 Å². The predicted molar refractivity (Wildman–Crippen MR) is 107 cm³/mol. The predicted octanol–water partition coefficient (Wildman–Crippen LogP) is 1.13. The highest BCUT2D eigenvalue weighted by atomic mass is 32.2. The summed E-state index contributed by atoms with van der Waals surface area (Å²) >= 11 is 1.81. The molecule has 1 heterocycles. The van der Waals surface area contributed by atoms with Crippen molar-refractivity contribution in [2.24, 2.45) is 4.99 Å². The van der Waals surface area contributed by atoms with Crippen molar-refractivity contribution < 1.29 is 13.2 Å². The van der Waals surface area contributed by atoms with Crippen molar-refractivity contribution >= 4 is 27.7 Å². The normalized spacial score (nSPS) is 16.8. The Hall–Kier alpha value is -0.510. The molecule has 0 unspecified atom stereocenters. The summed E-state index contributed by atoms with van der Waals surface area (Å²) in [6.45, 7) is 8.69. The van der Waals surface area contributed by atoms with Crippen molar-refractivity contribution in [3.63, 3.8) is 0 Å². The minimum Gasteiger partial charge on any atom is -0.381 e. The van der Waals surface area contributed by atoms with Crippen LogP contribution in [0.2, 0.25) is 0 Å². The average molecular weight is 395 g/mol. The minimum absolute atomic E-state index is 0.0994. The Morgan fingerprint density at radius 2 is 1.88 bits per heavy atom. The van der Waals surface area contributed by atoms with E-state index in [1.165, 1.54) is 0 Å². The number of sulfonamides is 1. The molecular formula is C16H34N4O3S2. The van der Waals surface area contributed by atoms with E-state index in [1.54, 1.807) is 16.1 Å². The van der Waals surface area contributed by atoms with Crippen molar-refractivity contribution in [1.82, 2.24) is 14.9 Å². The summed E-state index contributed by atoms with van der Waals surface area (Å²) in [5.41, 5.74) is 0. The largest absolute Gasteiger partial charge is 0.381 e. The number of hydrogen-bond acceptors (Lipinski definition) is 5. The second kappa shape index (κ2) is 13.7. The Morgan fingerprint density at radius 3 is 2.56 bits per heavy atom. The van der Waals surface area contributed by atoms with E-state index in [2.05, 4.69) is 22.5 Å². The molecule has 1 fully saturated rings. The van der Waals surface area contributed by atoms with Crippen molar-refractivity contribution in [3.8, 4) is 0 Å². The SMILES string of the molecule is CCCCOCCCN=C(NCC)NCCS(=O)(=O)N1CCSCC1. The van der Waals surface area contributed by atoms with Crippen LogP contribution in [0.5, 0.6) is 0 Å². The Bertz CT molecular complexity index is 466. The lowest BCUT2D eigenvalue weighted by Crippen LogP contribution is -2.44. The van der Waals surface area contributed by atoms with Crippen LogP contribution in [0.4, 0.5) is 0 Å². The summed E-state index contributed by atoms with van der Waals surface area (Å²) in [5.74, 6) is 2.54. The smallest absolute Gasteiger partial charge is 0.215 e. The molecule has 7 nitrogen and oxygen atoms in total. The Balaban J connectivity index is 2.27. The molecule has 2 N–H and O–H groups in total. The molecule has 9 heteroatoms. The summed E-state index contributed by atoms with van der Waals surface area (Å²) in [6, 6.07) is 0. The van der Waals surface area contributed by atoms with Crippen LogP contribution in [0.25, 0.3) is 0 Å². The molecule has 0 aliphatic carbocycles. The zero-order valence-electron chi connectivity index (χ0n) is 15.6. The van der Waals surface area contributed by atoms with E-state index in [4.69, 9.17) is 4.74 Å². The van der Waals surface area contributed by atoms with E-state index in [-0.39, 0.29) is 5.75 Å². The van der Waals surface area contributed by atoms with Gasteiger partial charge in [0.25, 0.3) is 0 Å². The maximum atomic E-state index is 12.3. The molecule has 0 atom stereocenters. The van der Waals surface area contributed by atoms with Gasteiger partial charge in [0.2, 0.25) is 10.0 Å². The van der Waals surface area contributed by atoms with Gasteiger partial charge in [0.05, 0.1) is 5.75 Å². The van der Waals surface area contributed by atoms with Gasteiger partial charge in [-0.3, -0.25) is 4.99 Å². The first-order valence-corrected chi connectivity index (χ1v) is 12.0. The number of guanidine groups is 1. The summed E-state index contributed by atoms with van der Waals surface area (Å²) < 4.78 is 31.7. The van der Waals surface area contributed by atoms with E-state index in [0.717, 1.165) is 43.9 Å². The molecule has 0 radical (unpaired) electrons. The highest BCUT2D eigenvalue weighted by Gasteiger charge is 2.23. The summed E-state index contributed by atoms with van der Waals surface area (Å²) in [5, 5.41) is 6.26. The first kappa shape index (κ1) is 22.5. The fourth-order valence-corrected chi connectivity index (χ4v) is 4.79. The van der Waals surface area contributed by atoms with Gasteiger partial charge in [-0.25, -0.2) is 12.7 Å². The van der Waals surface area contributed by atoms with Crippen LogP contribution in [0.3, 0.4) is 0 Å². The molecule has 148 valence electrons. The van der Waals surface area contributed by atoms with Crippen molar-refractivity contribution in [3.05, 3.63) is 0 Å². The van der Waals surface area contributed by atoms with E-state index in [1.807, 2.05) is 6.92 Å². The maximum absolute atomic E-state index is 12.3. The molecular weight excluding hydrogens is 360 g/mol. The summed E-state index contributed by atoms with van der Waals surface area (Å²) in [7, 11) is -3.18. The molecule has 1 aliphatic heterocycles. The van der Waals surface area contributed by atoms with E-state index in [0.29, 0.717) is 38.7 Å². The third-order valence-corrected chi connectivity index (χ3v) is 6.53. The van der Waals surface area contributed by atoms with Crippen LogP contribution in [-0.2, 0) is 14.8 Å². The number of unbranched alkanes of at least 4 members (excludes halogenated alkanes) is 1. The molecule has 0 amide bonds. The second-order valence-corrected chi connectivity index (χ2v) is 9.15. The number of ether oxygens (including phenoxy) is 1. The van der Waals surface area contributed by atoms with Crippen LogP contribution in [0, 0.1) is 0 Å². The van der Waals surface area contributed by atoms with E-state index < -0.39 is 10.0 Å². The number of thioether (sulfide) groups is 1. The third kappa shape index (κ3) is 10.3. The minimum atomic E-state index is -3.18. The molecule has 1 rings (SSSR count). The van der Waals surface area contributed by atoms with Crippen LogP contribution < -0.4 is 10.6 Å². The van der Waals surface area contributed by atoms with Gasteiger partial charge in [-0.2, -0.15) is 11.8 Å². The average Bonchev–Trinajstić information content (AvgIpc) is 2.61. The molecule has 1 aliphatic rings. The number of nitrogens with zero attached hydrogens (tertiary/aromatic N) is 2. The Labute approximate surface area is 157 Å². The Kier molecular flexibility index (Phi) is 12.3. The number of nitrogens with one attached hydrogen (secondary N) is 2. The fourth-order valence-electron chi connectivity index (χ4n) is 2.30. The molecule has 0 aromatic rings. The second-order valence-electron chi connectivity index (χ2n) is 5.83. The zero-order valence-corrected chi connectivity index (χ0v) is 17.3. The zero-order chi connectivity index (χ0) is 18.4. The molecule has 0 aromatic heterocycles. The molecule has 1 saturated heterocycles. The highest BCUT2D eigenvalue weighted by Crippen LogP contribution is 2.12. The third-order valence-electron chi connectivity index (χ3n) is 3.72. The maximum Gasteiger partial charge on any atom is 0.215 e. The molecule has 25 heavy (non-hydrogen) atoms. The lowest BCUT2D eigenvalue weighted by molar-refractivity contribution is 0.130. The van der Waals surface area contributed by atoms with Crippen molar-refractivity contribution in [2.45, 2.75) is 33.1 Å². The van der Waals surface area contributed by atoms with Gasteiger partial charge in [-0.15, -0.1) is 0 Å². The lowest BCUT2D eigenvalue weighted by Gasteiger charge is -2.25. The quantitative estimate of drug-likeness (QED) is 0.293. The number of hydrogen-bond donors (Lipinski definition) is 2. The van der Waals surface area contributed by atoms with Crippen molar-refractivity contribution in [1.29, 1.82) is 0 Å². The highest BCUT2D eigenvalue weighted by molar-refractivity contribution is 7.99. The number of aliphatic imine (C=N–C) groups is 1. The fraction of sp³-hybridized carbons (Fsp3) is 0.938. The van der Waals surface area contributed by atoms with Gasteiger partial charge in [0.15, 0.2) is 5.96 Å². The topological polar surface area (TPSA) is 83.0 Å². The summed E-state index contributed by atoms with van der Waals surface area (Å²) in [4.78, 5) is 4.47. The Morgan fingerprint density at radius 1 is 1.16 bits per heavy atom. The standard InChI is InChI=1S/C16H34N4O3S2/c1-3-5-11-23-12-6-7-18-16(17-4-2)19-8-15-25(21,22)20-9-13-24-14-10-20/h3-15H2,1-2H3,(H2,17,18,19). The van der Waals surface area contributed by atoms with E-state index in [9.17, 15) is 8.42 Å². The van der Waals surface area contributed by atoms with Gasteiger partial charge in [-0.1, -0.05) is 13.3 Å². The lowest BCUT2D eigenvalue weighted by atomic mass is 10.4. The van der Waals surface area contributed by atoms with Crippen molar-refractivity contribution in [2.75, 3.05) is 63.2 Å². The summed E-state index contributed by atoms with van der Waals surface area (Å²) in [6.07, 6.45) is 3.10. The van der Waals surface area contributed by atoms with Crippen LogP contribution in [-0.4, -0.2) is 81.9 Å². The molecule has 0 aromatic carbocycles. The van der Waals surface area contributed by atoms with Gasteiger partial charge in [-0.05, 0) is 19.8 Å². The van der Waals surface area contributed by atoms with Crippen LogP contribution in [0.1, 0.15) is 33.1 Å². The molecule has 0 spiro atoms. The van der Waals surface area contributed by atoms with Gasteiger partial charge < -0.3 is 15.4 Å². The van der Waals surface area contributed by atoms with E-state index >= 15 is 0 Å². The number of rotatable bonds is 12.